The summed E-state index contributed by atoms with van der Waals surface area (Å²) in [6, 6.07) is 0. The fourth-order valence-electron chi connectivity index (χ4n) is 2.08. The second kappa shape index (κ2) is 6.30. The number of rotatable bonds is 6. The van der Waals surface area contributed by atoms with Gasteiger partial charge in [0.05, 0.1) is 6.10 Å². The summed E-state index contributed by atoms with van der Waals surface area (Å²) >= 11 is 0. The fraction of sp³-hybridized carbons (Fsp3) is 0.562. The smallest absolute Gasteiger partial charge is 0.167 e. The van der Waals surface area contributed by atoms with E-state index in [1.165, 1.54) is 6.33 Å². The van der Waals surface area contributed by atoms with Crippen LogP contribution < -0.4 is 0 Å². The van der Waals surface area contributed by atoms with Gasteiger partial charge in [-0.2, -0.15) is 0 Å². The summed E-state index contributed by atoms with van der Waals surface area (Å²) in [5.74, 6) is 0.0505. The van der Waals surface area contributed by atoms with Crippen LogP contribution in [-0.2, 0) is 11.5 Å². The zero-order valence-corrected chi connectivity index (χ0v) is 16.3. The number of hydrogen-bond donors (Lipinski definition) is 0. The Hall–Kier alpha value is -1.53. The summed E-state index contributed by atoms with van der Waals surface area (Å²) in [7, 11) is 1.06. The molecule has 0 aromatic carbocycles. The van der Waals surface area contributed by atoms with Crippen LogP contribution in [0.15, 0.2) is 18.7 Å². The third-order valence-corrected chi connectivity index (χ3v) is 4.82. The Kier molecular flexibility index (Phi) is 4.82. The van der Waals surface area contributed by atoms with Crippen LogP contribution >= 0.6 is 0 Å². The fourth-order valence-corrected chi connectivity index (χ4v) is 2.24. The molecule has 0 saturated carbocycles. The first-order valence-corrected chi connectivity index (χ1v) is 8.66. The van der Waals surface area contributed by atoms with Crippen molar-refractivity contribution in [1.82, 2.24) is 14.5 Å². The third kappa shape index (κ3) is 3.44. The number of carbonyl (C=O) groups is 1. The minimum atomic E-state index is -0.0559. The molecule has 1 unspecified atom stereocenters. The Morgan fingerprint density at radius 1 is 1.41 bits per heavy atom. The van der Waals surface area contributed by atoms with E-state index in [2.05, 4.69) is 30.7 Å². The number of carbonyl (C=O) groups excluding carboxylic acids is 1. The van der Waals surface area contributed by atoms with Gasteiger partial charge in [-0.15, -0.1) is 0 Å². The molecule has 2 heterocycles. The number of hydrogen-bond acceptors (Lipinski definition) is 4. The van der Waals surface area contributed by atoms with E-state index in [9.17, 15) is 4.79 Å². The van der Waals surface area contributed by atoms with Crippen molar-refractivity contribution in [3.63, 3.8) is 0 Å². The number of nitrogens with zero attached hydrogens (tertiary/aromatic N) is 3. The highest BCUT2D eigenvalue weighted by Gasteiger charge is 2.22. The van der Waals surface area contributed by atoms with Gasteiger partial charge in [-0.3, -0.25) is 4.79 Å². The van der Waals surface area contributed by atoms with Crippen LogP contribution in [0.3, 0.4) is 0 Å². The molecule has 6 heteroatoms. The molecule has 0 radical (unpaired) electrons. The summed E-state index contributed by atoms with van der Waals surface area (Å²) in [6.45, 7) is 10.7. The summed E-state index contributed by atoms with van der Waals surface area (Å²) in [5, 5.41) is 0.997. The van der Waals surface area contributed by atoms with Crippen LogP contribution in [0.25, 0.3) is 11.0 Å². The van der Waals surface area contributed by atoms with Crippen molar-refractivity contribution in [3.05, 3.63) is 24.3 Å². The number of fused-ring (bicyclic) bond motifs is 1. The lowest BCUT2D eigenvalue weighted by atomic mass is 10.0. The largest absolute Gasteiger partial charge is 0.358 e. The third-order valence-electron chi connectivity index (χ3n) is 4.01. The molecular formula is C16H25N3O2Si. The highest BCUT2D eigenvalue weighted by molar-refractivity contribution is 6.15. The Morgan fingerprint density at radius 3 is 2.68 bits per heavy atom. The van der Waals surface area contributed by atoms with E-state index >= 15 is 0 Å². The summed E-state index contributed by atoms with van der Waals surface area (Å²) in [4.78, 5) is 20.7. The highest BCUT2D eigenvalue weighted by atomic mass is 28.1. The number of ketones is 1. The van der Waals surface area contributed by atoms with Crippen LogP contribution in [0.2, 0.25) is 5.04 Å². The van der Waals surface area contributed by atoms with Crippen molar-refractivity contribution in [2.75, 3.05) is 0 Å². The molecule has 0 fully saturated rings. The minimum Gasteiger partial charge on any atom is -0.358 e. The van der Waals surface area contributed by atoms with Crippen molar-refractivity contribution >= 4 is 27.1 Å². The topological polar surface area (TPSA) is 57.0 Å². The van der Waals surface area contributed by atoms with E-state index < -0.39 is 0 Å². The summed E-state index contributed by atoms with van der Waals surface area (Å²) in [6.07, 6.45) is 5.20. The molecule has 0 amide bonds. The average molecular weight is 319 g/mol. The molecule has 2 aromatic heterocycles. The SMILES string of the molecule is CC(C)C(=O)c1cn(COC(C)C(C)(C)[SiH3])c2ncncc12. The van der Waals surface area contributed by atoms with Gasteiger partial charge in [0.2, 0.25) is 0 Å². The van der Waals surface area contributed by atoms with Gasteiger partial charge < -0.3 is 9.30 Å². The molecule has 5 nitrogen and oxygen atoms in total. The van der Waals surface area contributed by atoms with Crippen LogP contribution in [0.1, 0.15) is 45.0 Å². The van der Waals surface area contributed by atoms with Crippen molar-refractivity contribution in [2.45, 2.75) is 52.5 Å². The standard InChI is InChI=1S/C16H25N3O2Si/c1-10(2)14(20)13-7-19(9-21-11(3)16(4,5)22)15-12(13)6-17-8-18-15/h6-8,10-11H,9H2,1-5,22H3. The van der Waals surface area contributed by atoms with E-state index in [1.807, 2.05) is 24.6 Å². The first-order chi connectivity index (χ1) is 10.2. The first kappa shape index (κ1) is 16.8. The van der Waals surface area contributed by atoms with Gasteiger partial charge in [0.1, 0.15) is 18.7 Å². The van der Waals surface area contributed by atoms with Gasteiger partial charge in [0.25, 0.3) is 0 Å². The van der Waals surface area contributed by atoms with Crippen LogP contribution in [0.4, 0.5) is 0 Å². The zero-order valence-electron chi connectivity index (χ0n) is 14.3. The Balaban J connectivity index is 2.33. The van der Waals surface area contributed by atoms with Gasteiger partial charge in [-0.1, -0.05) is 27.7 Å². The van der Waals surface area contributed by atoms with Gasteiger partial charge in [-0.25, -0.2) is 9.97 Å². The maximum absolute atomic E-state index is 12.4. The predicted octanol–water partition coefficient (Wildman–Crippen LogP) is 2.20. The van der Waals surface area contributed by atoms with Crippen molar-refractivity contribution < 1.29 is 9.53 Å². The van der Waals surface area contributed by atoms with E-state index in [-0.39, 0.29) is 22.8 Å². The van der Waals surface area contributed by atoms with Crippen LogP contribution in [0.5, 0.6) is 0 Å². The van der Waals surface area contributed by atoms with E-state index in [4.69, 9.17) is 4.74 Å². The van der Waals surface area contributed by atoms with Crippen LogP contribution in [-0.4, -0.2) is 36.7 Å². The molecule has 120 valence electrons. The average Bonchev–Trinajstić information content (AvgIpc) is 2.81. The molecule has 0 aliphatic carbocycles. The molecule has 22 heavy (non-hydrogen) atoms. The monoisotopic (exact) mass is 319 g/mol. The van der Waals surface area contributed by atoms with E-state index in [1.54, 1.807) is 6.20 Å². The van der Waals surface area contributed by atoms with Crippen molar-refractivity contribution in [2.24, 2.45) is 5.92 Å². The number of aromatic nitrogens is 3. The van der Waals surface area contributed by atoms with Gasteiger partial charge in [0.15, 0.2) is 5.78 Å². The Labute approximate surface area is 134 Å². The van der Waals surface area contributed by atoms with E-state index in [0.717, 1.165) is 21.3 Å². The summed E-state index contributed by atoms with van der Waals surface area (Å²) < 4.78 is 7.88. The maximum atomic E-state index is 12.4. The predicted molar refractivity (Wildman–Crippen MR) is 91.2 cm³/mol. The molecule has 2 aromatic rings. The van der Waals surface area contributed by atoms with Crippen LogP contribution in [0, 0.1) is 5.92 Å². The number of ether oxygens (including phenoxy) is 1. The molecule has 0 N–H and O–H groups in total. The number of Topliss-reactive ketones (excluding diaryl/α,β-unsaturated/α-hetero) is 1. The first-order valence-electron chi connectivity index (χ1n) is 7.66. The molecule has 0 saturated heterocycles. The van der Waals surface area contributed by atoms with Crippen molar-refractivity contribution in [1.29, 1.82) is 0 Å². The lowest BCUT2D eigenvalue weighted by Crippen LogP contribution is -2.24. The normalized spacial score (nSPS) is 13.9. The molecule has 2 rings (SSSR count). The maximum Gasteiger partial charge on any atom is 0.167 e. The van der Waals surface area contributed by atoms with Gasteiger partial charge in [-0.05, 0) is 12.0 Å². The molecule has 0 spiro atoms. The lowest BCUT2D eigenvalue weighted by Gasteiger charge is -2.27. The molecular weight excluding hydrogens is 294 g/mol. The van der Waals surface area contributed by atoms with Gasteiger partial charge >= 0.3 is 0 Å². The lowest BCUT2D eigenvalue weighted by molar-refractivity contribution is -0.000332. The minimum absolute atomic E-state index is 0.0559. The Bertz CT molecular complexity index is 674. The van der Waals surface area contributed by atoms with E-state index in [0.29, 0.717) is 12.3 Å². The zero-order chi connectivity index (χ0) is 16.5. The molecule has 0 aliphatic rings. The molecule has 1 atom stereocenters. The van der Waals surface area contributed by atoms with Gasteiger partial charge in [0, 0.05) is 39.5 Å². The second-order valence-corrected chi connectivity index (χ2v) is 9.67. The van der Waals surface area contributed by atoms with Crippen molar-refractivity contribution in [3.8, 4) is 0 Å². The molecule has 0 aliphatic heterocycles. The quantitative estimate of drug-likeness (QED) is 0.605. The highest BCUT2D eigenvalue weighted by Crippen LogP contribution is 2.27. The summed E-state index contributed by atoms with van der Waals surface area (Å²) in [5.41, 5.74) is 1.42. The second-order valence-electron chi connectivity index (χ2n) is 7.10. The molecule has 0 bridgehead atoms. The Morgan fingerprint density at radius 2 is 2.09 bits per heavy atom.